The van der Waals surface area contributed by atoms with Crippen LogP contribution in [-0.2, 0) is 14.4 Å². The molecule has 0 unspecified atom stereocenters. The van der Waals surface area contributed by atoms with Crippen LogP contribution in [-0.4, -0.2) is 41.9 Å². The van der Waals surface area contributed by atoms with E-state index < -0.39 is 11.6 Å². The summed E-state index contributed by atoms with van der Waals surface area (Å²) in [6.07, 6.45) is 7.36. The molecule has 1 fully saturated rings. The zero-order chi connectivity index (χ0) is 23.4. The number of nitrogens with two attached hydrogens (primary N) is 1. The molecule has 0 saturated heterocycles. The zero-order valence-electron chi connectivity index (χ0n) is 19.8. The van der Waals surface area contributed by atoms with Gasteiger partial charge in [-0.25, -0.2) is 0 Å². The van der Waals surface area contributed by atoms with Gasteiger partial charge in [0.15, 0.2) is 0 Å². The summed E-state index contributed by atoms with van der Waals surface area (Å²) in [6, 6.07) is -0.513. The van der Waals surface area contributed by atoms with Crippen molar-refractivity contribution < 1.29 is 14.4 Å². The first-order chi connectivity index (χ1) is 14.6. The van der Waals surface area contributed by atoms with Crippen LogP contribution in [0.2, 0.25) is 0 Å². The Morgan fingerprint density at radius 1 is 1.06 bits per heavy atom. The molecule has 1 saturated carbocycles. The molecular formula is C23H43N5O3. The average molecular weight is 438 g/mol. The molecule has 0 aromatic carbocycles. The van der Waals surface area contributed by atoms with E-state index >= 15 is 0 Å². The third-order valence-electron chi connectivity index (χ3n) is 6.12. The Labute approximate surface area is 187 Å². The summed E-state index contributed by atoms with van der Waals surface area (Å²) in [5.41, 5.74) is 4.51. The van der Waals surface area contributed by atoms with E-state index in [-0.39, 0.29) is 29.7 Å². The summed E-state index contributed by atoms with van der Waals surface area (Å²) in [5.74, 6) is -0.506. The van der Waals surface area contributed by atoms with Crippen LogP contribution < -0.4 is 27.0 Å². The molecule has 8 heteroatoms. The van der Waals surface area contributed by atoms with Gasteiger partial charge in [0.25, 0.3) is 0 Å². The second-order valence-electron chi connectivity index (χ2n) is 8.90. The highest BCUT2D eigenvalue weighted by molar-refractivity contribution is 5.95. The van der Waals surface area contributed by atoms with Gasteiger partial charge in [-0.15, -0.1) is 0 Å². The van der Waals surface area contributed by atoms with E-state index in [1.54, 1.807) is 13.8 Å². The van der Waals surface area contributed by atoms with Crippen molar-refractivity contribution in [1.82, 2.24) is 21.3 Å². The Hall–Kier alpha value is -2.25. The van der Waals surface area contributed by atoms with Gasteiger partial charge < -0.3 is 27.0 Å². The fourth-order valence-corrected chi connectivity index (χ4v) is 3.85. The van der Waals surface area contributed by atoms with Crippen molar-refractivity contribution in [2.45, 2.75) is 103 Å². The Morgan fingerprint density at radius 3 is 2.19 bits per heavy atom. The van der Waals surface area contributed by atoms with Gasteiger partial charge in [0, 0.05) is 18.5 Å². The van der Waals surface area contributed by atoms with E-state index in [9.17, 15) is 14.4 Å². The lowest BCUT2D eigenvalue weighted by Gasteiger charge is -2.34. The summed E-state index contributed by atoms with van der Waals surface area (Å²) < 4.78 is 0. The van der Waals surface area contributed by atoms with Gasteiger partial charge in [-0.2, -0.15) is 0 Å². The molecule has 31 heavy (non-hydrogen) atoms. The first-order valence-electron chi connectivity index (χ1n) is 11.8. The van der Waals surface area contributed by atoms with E-state index in [1.165, 1.54) is 6.42 Å². The van der Waals surface area contributed by atoms with E-state index in [0.717, 1.165) is 25.7 Å². The molecule has 0 spiro atoms. The number of amides is 3. The van der Waals surface area contributed by atoms with Crippen LogP contribution in [0.1, 0.15) is 85.5 Å². The number of nitrogens with one attached hydrogen (secondary N) is 4. The lowest BCUT2D eigenvalue weighted by atomic mass is 9.90. The molecule has 0 aliphatic heterocycles. The number of carbonyl (C=O) groups is 3. The summed E-state index contributed by atoms with van der Waals surface area (Å²) in [6.45, 7) is 11.5. The van der Waals surface area contributed by atoms with Crippen LogP contribution in [0.3, 0.4) is 0 Å². The lowest BCUT2D eigenvalue weighted by molar-refractivity contribution is -0.137. The predicted molar refractivity (Wildman–Crippen MR) is 124 cm³/mol. The minimum Gasteiger partial charge on any atom is -0.386 e. The average Bonchev–Trinajstić information content (AvgIpc) is 2.74. The van der Waals surface area contributed by atoms with E-state index in [4.69, 9.17) is 5.73 Å². The summed E-state index contributed by atoms with van der Waals surface area (Å²) >= 11 is 0. The zero-order valence-corrected chi connectivity index (χ0v) is 19.8. The number of hydrogen-bond acceptors (Lipinski definition) is 5. The maximum atomic E-state index is 13.3. The summed E-state index contributed by atoms with van der Waals surface area (Å²) in [5, 5.41) is 11.9. The summed E-state index contributed by atoms with van der Waals surface area (Å²) in [4.78, 5) is 38.6. The highest BCUT2D eigenvalue weighted by Gasteiger charge is 2.39. The third-order valence-corrected chi connectivity index (χ3v) is 6.12. The molecule has 0 aromatic heterocycles. The van der Waals surface area contributed by atoms with Crippen molar-refractivity contribution in [2.24, 2.45) is 11.7 Å². The van der Waals surface area contributed by atoms with Gasteiger partial charge in [0.05, 0.1) is 5.82 Å². The van der Waals surface area contributed by atoms with Crippen molar-refractivity contribution in [2.75, 3.05) is 6.54 Å². The first kappa shape index (κ1) is 26.8. The second-order valence-corrected chi connectivity index (χ2v) is 8.90. The van der Waals surface area contributed by atoms with E-state index in [0.29, 0.717) is 38.0 Å². The fraction of sp³-hybridized carbons (Fsp3) is 0.783. The highest BCUT2D eigenvalue weighted by atomic mass is 16.2. The molecule has 0 heterocycles. The highest BCUT2D eigenvalue weighted by Crippen LogP contribution is 2.19. The SMILES string of the molecule is C=C(N)NCCC[C@H](NC(=O)C(CC)(CC)NC(=O)C(C)C)C(=O)NC1CCCCC1. The second kappa shape index (κ2) is 13.2. The van der Waals surface area contributed by atoms with Crippen molar-refractivity contribution in [3.05, 3.63) is 12.4 Å². The van der Waals surface area contributed by atoms with Crippen LogP contribution >= 0.6 is 0 Å². The monoisotopic (exact) mass is 437 g/mol. The summed E-state index contributed by atoms with van der Waals surface area (Å²) in [7, 11) is 0. The molecule has 6 N–H and O–H groups in total. The van der Waals surface area contributed by atoms with Gasteiger partial charge in [0.2, 0.25) is 17.7 Å². The van der Waals surface area contributed by atoms with Crippen LogP contribution in [0.15, 0.2) is 12.4 Å². The van der Waals surface area contributed by atoms with Crippen LogP contribution in [0.5, 0.6) is 0 Å². The molecule has 0 radical (unpaired) electrons. The molecule has 1 aliphatic rings. The molecule has 1 aliphatic carbocycles. The van der Waals surface area contributed by atoms with Crippen molar-refractivity contribution in [1.29, 1.82) is 0 Å². The molecule has 1 atom stereocenters. The minimum atomic E-state index is -1.03. The number of hydrogen-bond donors (Lipinski definition) is 5. The third kappa shape index (κ3) is 8.79. The maximum Gasteiger partial charge on any atom is 0.246 e. The Morgan fingerprint density at radius 2 is 1.68 bits per heavy atom. The largest absolute Gasteiger partial charge is 0.386 e. The van der Waals surface area contributed by atoms with Crippen molar-refractivity contribution in [3.8, 4) is 0 Å². The molecular weight excluding hydrogens is 394 g/mol. The van der Waals surface area contributed by atoms with Crippen LogP contribution in [0.25, 0.3) is 0 Å². The Balaban J connectivity index is 2.89. The van der Waals surface area contributed by atoms with E-state index in [1.807, 2.05) is 13.8 Å². The van der Waals surface area contributed by atoms with E-state index in [2.05, 4.69) is 27.8 Å². The topological polar surface area (TPSA) is 125 Å². The fourth-order valence-electron chi connectivity index (χ4n) is 3.85. The molecule has 0 bridgehead atoms. The molecule has 3 amide bonds. The van der Waals surface area contributed by atoms with Gasteiger partial charge in [-0.05, 0) is 38.5 Å². The Bertz CT molecular complexity index is 610. The molecule has 8 nitrogen and oxygen atoms in total. The number of carbonyl (C=O) groups excluding carboxylic acids is 3. The molecule has 1 rings (SSSR count). The van der Waals surface area contributed by atoms with Gasteiger partial charge in [0.1, 0.15) is 11.6 Å². The Kier molecular flexibility index (Phi) is 11.4. The molecule has 0 aromatic rings. The molecule has 178 valence electrons. The standard InChI is InChI=1S/C23H43N5O3/c1-6-23(7-2,28-20(29)16(3)4)22(31)27-19(14-11-15-25-17(5)24)21(30)26-18-12-9-8-10-13-18/h16,18-19,25H,5-15,24H2,1-4H3,(H,26,30)(H,27,31)(H,28,29)/t19-/m0/s1. The van der Waals surface area contributed by atoms with Gasteiger partial charge in [-0.3, -0.25) is 14.4 Å². The normalized spacial score (nSPS) is 15.8. The van der Waals surface area contributed by atoms with Crippen molar-refractivity contribution in [3.63, 3.8) is 0 Å². The smallest absolute Gasteiger partial charge is 0.246 e. The van der Waals surface area contributed by atoms with Crippen LogP contribution in [0.4, 0.5) is 0 Å². The van der Waals surface area contributed by atoms with Gasteiger partial charge in [-0.1, -0.05) is 53.5 Å². The predicted octanol–water partition coefficient (Wildman–Crippen LogP) is 2.05. The number of rotatable bonds is 13. The first-order valence-corrected chi connectivity index (χ1v) is 11.8. The van der Waals surface area contributed by atoms with Crippen molar-refractivity contribution >= 4 is 17.7 Å². The lowest BCUT2D eigenvalue weighted by Crippen LogP contribution is -2.62. The van der Waals surface area contributed by atoms with Gasteiger partial charge >= 0.3 is 0 Å². The maximum absolute atomic E-state index is 13.3. The van der Waals surface area contributed by atoms with Crippen LogP contribution in [0, 0.1) is 5.92 Å². The minimum absolute atomic E-state index is 0.158. The quantitative estimate of drug-likeness (QED) is 0.282.